The minimum absolute atomic E-state index is 0.505. The molecule has 1 aromatic carbocycles. The molecule has 1 heterocycles. The first kappa shape index (κ1) is 12.4. The van der Waals surface area contributed by atoms with Crippen molar-refractivity contribution in [2.75, 3.05) is 0 Å². The Morgan fingerprint density at radius 3 is 2.55 bits per heavy atom. The Morgan fingerprint density at radius 2 is 1.80 bits per heavy atom. The highest BCUT2D eigenvalue weighted by Crippen LogP contribution is 2.27. The van der Waals surface area contributed by atoms with Gasteiger partial charge < -0.3 is 5.73 Å². The second-order valence-electron chi connectivity index (χ2n) is 4.97. The van der Waals surface area contributed by atoms with Crippen LogP contribution in [-0.4, -0.2) is 4.98 Å². The Kier molecular flexibility index (Phi) is 3.22. The van der Waals surface area contributed by atoms with Gasteiger partial charge >= 0.3 is 0 Å². The van der Waals surface area contributed by atoms with Crippen LogP contribution in [0.1, 0.15) is 28.7 Å². The van der Waals surface area contributed by atoms with E-state index in [0.717, 1.165) is 24.0 Å². The summed E-state index contributed by atoms with van der Waals surface area (Å²) in [6, 6.07) is 12.1. The molecule has 0 bridgehead atoms. The molecule has 0 fully saturated rings. The zero-order chi connectivity index (χ0) is 13.9. The van der Waals surface area contributed by atoms with Gasteiger partial charge in [0.1, 0.15) is 6.07 Å². The van der Waals surface area contributed by atoms with Crippen molar-refractivity contribution in [1.82, 2.24) is 4.98 Å². The number of pyridine rings is 1. The monoisotopic (exact) mass is 261 g/mol. The molecule has 1 aromatic heterocycles. The molecule has 3 heteroatoms. The molecule has 3 nitrogen and oxygen atoms in total. The zero-order valence-corrected chi connectivity index (χ0v) is 11.1. The number of nitrogens with zero attached hydrogens (tertiary/aromatic N) is 2. The molecule has 0 atom stereocenters. The van der Waals surface area contributed by atoms with E-state index in [4.69, 9.17) is 5.73 Å². The number of allylic oxidation sites excluding steroid dienone is 1. The molecule has 0 radical (unpaired) electrons. The van der Waals surface area contributed by atoms with Gasteiger partial charge in [-0.1, -0.05) is 12.1 Å². The third kappa shape index (κ3) is 2.17. The Hall–Kier alpha value is -2.60. The molecule has 2 N–H and O–H groups in total. The first-order valence-corrected chi connectivity index (χ1v) is 6.72. The van der Waals surface area contributed by atoms with Gasteiger partial charge in [-0.25, -0.2) is 0 Å². The lowest BCUT2D eigenvalue weighted by Crippen LogP contribution is -2.01. The van der Waals surface area contributed by atoms with E-state index in [1.54, 1.807) is 24.5 Å². The Balaban J connectivity index is 2.08. The van der Waals surface area contributed by atoms with Gasteiger partial charge in [0.15, 0.2) is 0 Å². The topological polar surface area (TPSA) is 62.7 Å². The largest absolute Gasteiger partial charge is 0.397 e. The summed E-state index contributed by atoms with van der Waals surface area (Å²) in [5.74, 6) is 0. The summed E-state index contributed by atoms with van der Waals surface area (Å²) in [4.78, 5) is 3.97. The molecule has 20 heavy (non-hydrogen) atoms. The standard InChI is InChI=1S/C17H15N3/c18-11-16(13-6-8-20-9-7-13)17(19)15-5-4-12-2-1-3-14(12)10-15/h4-10H,1-3,19H2/b17-16-. The Bertz CT molecular complexity index is 709. The van der Waals surface area contributed by atoms with E-state index >= 15 is 0 Å². The van der Waals surface area contributed by atoms with Gasteiger partial charge in [0.05, 0.1) is 11.3 Å². The Labute approximate surface area is 118 Å². The fourth-order valence-corrected chi connectivity index (χ4v) is 2.68. The first-order valence-electron chi connectivity index (χ1n) is 6.72. The van der Waals surface area contributed by atoms with Crippen LogP contribution in [0.4, 0.5) is 0 Å². The maximum atomic E-state index is 9.40. The fraction of sp³-hybridized carbons (Fsp3) is 0.176. The summed E-state index contributed by atoms with van der Waals surface area (Å²) >= 11 is 0. The molecule has 0 amide bonds. The van der Waals surface area contributed by atoms with Crippen molar-refractivity contribution in [3.05, 3.63) is 65.0 Å². The highest BCUT2D eigenvalue weighted by atomic mass is 14.6. The van der Waals surface area contributed by atoms with Crippen LogP contribution in [0.2, 0.25) is 0 Å². The van der Waals surface area contributed by atoms with Crippen molar-refractivity contribution in [2.45, 2.75) is 19.3 Å². The highest BCUT2D eigenvalue weighted by Gasteiger charge is 2.14. The van der Waals surface area contributed by atoms with Crippen LogP contribution in [0.3, 0.4) is 0 Å². The zero-order valence-electron chi connectivity index (χ0n) is 11.1. The number of nitriles is 1. The summed E-state index contributed by atoms with van der Waals surface area (Å²) in [5, 5.41) is 9.40. The minimum atomic E-state index is 0.505. The smallest absolute Gasteiger partial charge is 0.102 e. The van der Waals surface area contributed by atoms with Crippen molar-refractivity contribution in [3.8, 4) is 6.07 Å². The van der Waals surface area contributed by atoms with Crippen LogP contribution >= 0.6 is 0 Å². The number of aryl methyl sites for hydroxylation is 2. The van der Waals surface area contributed by atoms with Gasteiger partial charge in [0.25, 0.3) is 0 Å². The molecule has 0 saturated carbocycles. The lowest BCUT2D eigenvalue weighted by molar-refractivity contribution is 0.911. The number of hydrogen-bond acceptors (Lipinski definition) is 3. The normalized spacial score (nSPS) is 14.3. The van der Waals surface area contributed by atoms with Crippen molar-refractivity contribution < 1.29 is 0 Å². The maximum absolute atomic E-state index is 9.40. The third-order valence-corrected chi connectivity index (χ3v) is 3.76. The summed E-state index contributed by atoms with van der Waals surface area (Å²) < 4.78 is 0. The van der Waals surface area contributed by atoms with Gasteiger partial charge in [0.2, 0.25) is 0 Å². The predicted octanol–water partition coefficient (Wildman–Crippen LogP) is 2.92. The van der Waals surface area contributed by atoms with Gasteiger partial charge in [-0.3, -0.25) is 4.98 Å². The summed E-state index contributed by atoms with van der Waals surface area (Å²) in [5.41, 5.74) is 11.8. The van der Waals surface area contributed by atoms with Crippen molar-refractivity contribution in [1.29, 1.82) is 5.26 Å². The van der Waals surface area contributed by atoms with Crippen LogP contribution in [0, 0.1) is 11.3 Å². The van der Waals surface area contributed by atoms with Crippen molar-refractivity contribution >= 4 is 11.3 Å². The van der Waals surface area contributed by atoms with Crippen LogP contribution in [0.15, 0.2) is 42.7 Å². The minimum Gasteiger partial charge on any atom is -0.397 e. The number of aromatic nitrogens is 1. The van der Waals surface area contributed by atoms with Gasteiger partial charge in [0, 0.05) is 12.4 Å². The second-order valence-corrected chi connectivity index (χ2v) is 4.97. The molecule has 2 aromatic rings. The Morgan fingerprint density at radius 1 is 1.05 bits per heavy atom. The van der Waals surface area contributed by atoms with Gasteiger partial charge in [-0.2, -0.15) is 5.26 Å². The van der Waals surface area contributed by atoms with Crippen molar-refractivity contribution in [2.24, 2.45) is 5.73 Å². The molecular formula is C17H15N3. The summed E-state index contributed by atoms with van der Waals surface area (Å²) in [6.45, 7) is 0. The quantitative estimate of drug-likeness (QED) is 0.845. The molecule has 3 rings (SSSR count). The van der Waals surface area contributed by atoms with E-state index in [2.05, 4.69) is 23.2 Å². The SMILES string of the molecule is N#C/C(=C(/N)c1ccc2c(c1)CCC2)c1ccncc1. The predicted molar refractivity (Wildman–Crippen MR) is 79.3 cm³/mol. The maximum Gasteiger partial charge on any atom is 0.102 e. The average Bonchev–Trinajstić information content (AvgIpc) is 2.96. The lowest BCUT2D eigenvalue weighted by atomic mass is 9.99. The molecular weight excluding hydrogens is 246 g/mol. The first-order chi connectivity index (χ1) is 9.79. The van der Waals surface area contributed by atoms with E-state index in [0.29, 0.717) is 11.3 Å². The molecule has 1 aliphatic rings. The number of fused-ring (bicyclic) bond motifs is 1. The van der Waals surface area contributed by atoms with Crippen LogP contribution < -0.4 is 5.73 Å². The van der Waals surface area contributed by atoms with E-state index in [1.165, 1.54) is 17.5 Å². The molecule has 0 spiro atoms. The molecule has 98 valence electrons. The number of hydrogen-bond donors (Lipinski definition) is 1. The van der Waals surface area contributed by atoms with Crippen molar-refractivity contribution in [3.63, 3.8) is 0 Å². The number of rotatable bonds is 2. The lowest BCUT2D eigenvalue weighted by Gasteiger charge is -2.08. The van der Waals surface area contributed by atoms with Crippen LogP contribution in [0.5, 0.6) is 0 Å². The van der Waals surface area contributed by atoms with Crippen LogP contribution in [-0.2, 0) is 12.8 Å². The van der Waals surface area contributed by atoms with E-state index in [-0.39, 0.29) is 0 Å². The molecule has 0 aliphatic heterocycles. The molecule has 1 aliphatic carbocycles. The van der Waals surface area contributed by atoms with Crippen LogP contribution in [0.25, 0.3) is 11.3 Å². The number of benzene rings is 1. The summed E-state index contributed by atoms with van der Waals surface area (Å²) in [7, 11) is 0. The molecule has 0 unspecified atom stereocenters. The van der Waals surface area contributed by atoms with E-state index < -0.39 is 0 Å². The fourth-order valence-electron chi connectivity index (χ4n) is 2.68. The second kappa shape index (κ2) is 5.18. The average molecular weight is 261 g/mol. The van der Waals surface area contributed by atoms with Gasteiger partial charge in [-0.05, 0) is 59.7 Å². The summed E-state index contributed by atoms with van der Waals surface area (Å²) in [6.07, 6.45) is 6.80. The van der Waals surface area contributed by atoms with E-state index in [1.807, 2.05) is 6.07 Å². The third-order valence-electron chi connectivity index (χ3n) is 3.76. The van der Waals surface area contributed by atoms with Gasteiger partial charge in [-0.15, -0.1) is 0 Å². The number of nitrogens with two attached hydrogens (primary N) is 1. The highest BCUT2D eigenvalue weighted by molar-refractivity contribution is 5.96. The van der Waals surface area contributed by atoms with E-state index in [9.17, 15) is 5.26 Å². The molecule has 0 saturated heterocycles.